The van der Waals surface area contributed by atoms with Gasteiger partial charge in [0.1, 0.15) is 5.56 Å². The minimum atomic E-state index is -2.78. The first-order valence-electron chi connectivity index (χ1n) is 5.80. The maximum absolute atomic E-state index is 12.4. The molecule has 20 heavy (non-hydrogen) atoms. The fourth-order valence-electron chi connectivity index (χ4n) is 1.71. The highest BCUT2D eigenvalue weighted by molar-refractivity contribution is 5.98. The van der Waals surface area contributed by atoms with Crippen LogP contribution in [0, 0.1) is 17.0 Å². The van der Waals surface area contributed by atoms with Gasteiger partial charge in [0.2, 0.25) is 0 Å². The number of nitro groups is 1. The Morgan fingerprint density at radius 2 is 2.15 bits per heavy atom. The van der Waals surface area contributed by atoms with Crippen molar-refractivity contribution in [3.8, 4) is 0 Å². The predicted molar refractivity (Wildman–Crippen MR) is 66.8 cm³/mol. The number of amides is 1. The van der Waals surface area contributed by atoms with E-state index in [-0.39, 0.29) is 12.1 Å². The summed E-state index contributed by atoms with van der Waals surface area (Å²) >= 11 is 0. The van der Waals surface area contributed by atoms with Gasteiger partial charge in [-0.05, 0) is 18.6 Å². The third-order valence-electron chi connectivity index (χ3n) is 2.59. The van der Waals surface area contributed by atoms with E-state index in [0.717, 1.165) is 6.07 Å². The third kappa shape index (κ3) is 3.95. The number of benzene rings is 1. The van der Waals surface area contributed by atoms with E-state index in [1.54, 1.807) is 6.92 Å². The van der Waals surface area contributed by atoms with E-state index in [1.165, 1.54) is 12.1 Å². The fourth-order valence-corrected chi connectivity index (χ4v) is 1.71. The predicted octanol–water partition coefficient (Wildman–Crippen LogP) is 1.60. The van der Waals surface area contributed by atoms with Crippen LogP contribution in [0.15, 0.2) is 18.2 Å². The van der Waals surface area contributed by atoms with Crippen molar-refractivity contribution < 1.29 is 23.6 Å². The van der Waals surface area contributed by atoms with Crippen LogP contribution in [0.3, 0.4) is 0 Å². The Labute approximate surface area is 113 Å². The molecule has 0 unspecified atom stereocenters. The number of aliphatic hydroxyl groups is 1. The van der Waals surface area contributed by atoms with Crippen LogP contribution in [0.4, 0.5) is 14.5 Å². The summed E-state index contributed by atoms with van der Waals surface area (Å²) in [6.07, 6.45) is -2.78. The summed E-state index contributed by atoms with van der Waals surface area (Å²) in [6, 6.07) is 3.89. The molecule has 0 aliphatic carbocycles. The van der Waals surface area contributed by atoms with E-state index >= 15 is 0 Å². The molecule has 0 fully saturated rings. The summed E-state index contributed by atoms with van der Waals surface area (Å²) in [7, 11) is 0. The van der Waals surface area contributed by atoms with Gasteiger partial charge in [0.15, 0.2) is 0 Å². The molecule has 0 aromatic heterocycles. The number of alkyl halides is 2. The molecule has 1 rings (SSSR count). The second kappa shape index (κ2) is 6.90. The molecule has 0 radical (unpaired) electrons. The largest absolute Gasteiger partial charge is 0.395 e. The lowest BCUT2D eigenvalue weighted by atomic mass is 10.1. The van der Waals surface area contributed by atoms with E-state index in [9.17, 15) is 23.7 Å². The van der Waals surface area contributed by atoms with Crippen molar-refractivity contribution in [1.29, 1.82) is 0 Å². The first kappa shape index (κ1) is 16.0. The summed E-state index contributed by atoms with van der Waals surface area (Å²) in [4.78, 5) is 23.0. The van der Waals surface area contributed by atoms with Crippen molar-refractivity contribution in [2.24, 2.45) is 0 Å². The van der Waals surface area contributed by atoms with Gasteiger partial charge in [-0.1, -0.05) is 6.07 Å². The molecular weight excluding hydrogens is 274 g/mol. The van der Waals surface area contributed by atoms with Gasteiger partial charge < -0.3 is 10.0 Å². The van der Waals surface area contributed by atoms with Crippen LogP contribution in [0.2, 0.25) is 0 Å². The van der Waals surface area contributed by atoms with E-state index in [1.807, 2.05) is 0 Å². The molecule has 1 aromatic rings. The molecule has 0 saturated carbocycles. The van der Waals surface area contributed by atoms with Crippen LogP contribution in [0.1, 0.15) is 15.9 Å². The monoisotopic (exact) mass is 288 g/mol. The zero-order valence-electron chi connectivity index (χ0n) is 10.8. The van der Waals surface area contributed by atoms with Gasteiger partial charge in [-0.25, -0.2) is 8.78 Å². The van der Waals surface area contributed by atoms with Crippen molar-refractivity contribution >= 4 is 11.6 Å². The number of rotatable bonds is 6. The molecule has 0 spiro atoms. The molecule has 6 nitrogen and oxygen atoms in total. The summed E-state index contributed by atoms with van der Waals surface area (Å²) in [5, 5.41) is 19.7. The third-order valence-corrected chi connectivity index (χ3v) is 2.59. The van der Waals surface area contributed by atoms with Crippen LogP contribution >= 0.6 is 0 Å². The van der Waals surface area contributed by atoms with Crippen LogP contribution in [0.5, 0.6) is 0 Å². The molecule has 0 saturated heterocycles. The molecule has 0 bridgehead atoms. The van der Waals surface area contributed by atoms with Gasteiger partial charge in [-0.15, -0.1) is 0 Å². The van der Waals surface area contributed by atoms with Gasteiger partial charge in [-0.2, -0.15) is 0 Å². The number of hydrogen-bond donors (Lipinski definition) is 1. The number of carbonyl (C=O) groups is 1. The number of aliphatic hydroxyl groups excluding tert-OH is 1. The van der Waals surface area contributed by atoms with E-state index < -0.39 is 36.1 Å². The second-order valence-corrected chi connectivity index (χ2v) is 4.14. The molecule has 1 N–H and O–H groups in total. The highest BCUT2D eigenvalue weighted by Gasteiger charge is 2.26. The first-order valence-corrected chi connectivity index (χ1v) is 5.80. The minimum Gasteiger partial charge on any atom is -0.395 e. The number of aryl methyl sites for hydroxylation is 1. The molecule has 0 heterocycles. The van der Waals surface area contributed by atoms with Crippen LogP contribution < -0.4 is 0 Å². The normalized spacial score (nSPS) is 10.7. The highest BCUT2D eigenvalue weighted by atomic mass is 19.3. The maximum Gasteiger partial charge on any atom is 0.282 e. The van der Waals surface area contributed by atoms with Gasteiger partial charge in [-0.3, -0.25) is 14.9 Å². The summed E-state index contributed by atoms with van der Waals surface area (Å²) in [5.74, 6) is -0.894. The zero-order valence-corrected chi connectivity index (χ0v) is 10.8. The Bertz CT molecular complexity index is 508. The number of hydrogen-bond acceptors (Lipinski definition) is 4. The number of halogens is 2. The van der Waals surface area contributed by atoms with Crippen LogP contribution in [-0.2, 0) is 0 Å². The average Bonchev–Trinajstić information content (AvgIpc) is 2.36. The van der Waals surface area contributed by atoms with Gasteiger partial charge in [0.25, 0.3) is 18.0 Å². The highest BCUT2D eigenvalue weighted by Crippen LogP contribution is 2.22. The lowest BCUT2D eigenvalue weighted by Crippen LogP contribution is -2.37. The fraction of sp³-hybridized carbons (Fsp3) is 0.417. The summed E-state index contributed by atoms with van der Waals surface area (Å²) in [5.41, 5.74) is -0.109. The Hall–Kier alpha value is -2.09. The Morgan fingerprint density at radius 1 is 1.50 bits per heavy atom. The second-order valence-electron chi connectivity index (χ2n) is 4.14. The van der Waals surface area contributed by atoms with Crippen LogP contribution in [-0.4, -0.2) is 47.0 Å². The number of nitrogens with zero attached hydrogens (tertiary/aromatic N) is 2. The maximum atomic E-state index is 12.4. The number of carbonyl (C=O) groups excluding carboxylic acids is 1. The van der Waals surface area contributed by atoms with Crippen molar-refractivity contribution in [3.63, 3.8) is 0 Å². The quantitative estimate of drug-likeness (QED) is 0.636. The Morgan fingerprint density at radius 3 is 2.65 bits per heavy atom. The zero-order chi connectivity index (χ0) is 15.3. The molecule has 110 valence electrons. The molecule has 8 heteroatoms. The van der Waals surface area contributed by atoms with Crippen molar-refractivity contribution in [3.05, 3.63) is 39.4 Å². The van der Waals surface area contributed by atoms with E-state index in [2.05, 4.69) is 0 Å². The smallest absolute Gasteiger partial charge is 0.282 e. The molecule has 0 aliphatic rings. The van der Waals surface area contributed by atoms with Crippen LogP contribution in [0.25, 0.3) is 0 Å². The Kier molecular flexibility index (Phi) is 5.51. The molecule has 1 amide bonds. The molecule has 0 atom stereocenters. The SMILES string of the molecule is Cc1ccc([N+](=O)[O-])c(C(=O)N(CCO)CC(F)F)c1. The van der Waals surface area contributed by atoms with E-state index in [4.69, 9.17) is 5.11 Å². The van der Waals surface area contributed by atoms with Crippen molar-refractivity contribution in [2.75, 3.05) is 19.7 Å². The molecule has 1 aromatic carbocycles. The molecule has 0 aliphatic heterocycles. The Balaban J connectivity index is 3.16. The summed E-state index contributed by atoms with van der Waals surface area (Å²) < 4.78 is 24.8. The van der Waals surface area contributed by atoms with Crippen molar-refractivity contribution in [1.82, 2.24) is 4.90 Å². The van der Waals surface area contributed by atoms with E-state index in [0.29, 0.717) is 10.5 Å². The molecular formula is C12H14F2N2O4. The lowest BCUT2D eigenvalue weighted by Gasteiger charge is -2.21. The van der Waals surface area contributed by atoms with Gasteiger partial charge in [0.05, 0.1) is 18.1 Å². The van der Waals surface area contributed by atoms with Gasteiger partial charge in [0, 0.05) is 12.6 Å². The van der Waals surface area contributed by atoms with Gasteiger partial charge >= 0.3 is 0 Å². The van der Waals surface area contributed by atoms with Crippen molar-refractivity contribution in [2.45, 2.75) is 13.3 Å². The average molecular weight is 288 g/mol. The summed E-state index contributed by atoms with van der Waals surface area (Å²) in [6.45, 7) is -0.0686. The number of nitro benzene ring substituents is 1. The first-order chi connectivity index (χ1) is 9.36. The lowest BCUT2D eigenvalue weighted by molar-refractivity contribution is -0.385. The standard InChI is InChI=1S/C12H14F2N2O4/c1-8-2-3-10(16(19)20)9(6-8)12(18)15(4-5-17)7-11(13)14/h2-3,6,11,17H,4-5,7H2,1H3. The topological polar surface area (TPSA) is 83.7 Å². The minimum absolute atomic E-state index is 0.260.